The number of nitrogens with two attached hydrogens (primary N) is 1. The van der Waals surface area contributed by atoms with Gasteiger partial charge in [0.15, 0.2) is 0 Å². The highest BCUT2D eigenvalue weighted by molar-refractivity contribution is 5.73. The van der Waals surface area contributed by atoms with Crippen molar-refractivity contribution < 1.29 is 9.47 Å². The monoisotopic (exact) mass is 318 g/mol. The van der Waals surface area contributed by atoms with Gasteiger partial charge in [0.1, 0.15) is 18.4 Å². The molecule has 1 aromatic carbocycles. The first-order valence-electron chi connectivity index (χ1n) is 8.30. The van der Waals surface area contributed by atoms with Crippen LogP contribution in [0.4, 0.5) is 5.69 Å². The Balaban J connectivity index is 1.48. The molecule has 0 radical (unpaired) electrons. The van der Waals surface area contributed by atoms with E-state index in [9.17, 15) is 0 Å². The third-order valence-electron chi connectivity index (χ3n) is 4.15. The van der Waals surface area contributed by atoms with Gasteiger partial charge >= 0.3 is 0 Å². The number of anilines is 1. The Morgan fingerprint density at radius 1 is 1.22 bits per heavy atom. The molecule has 23 heavy (non-hydrogen) atoms. The van der Waals surface area contributed by atoms with Crippen LogP contribution in [0.2, 0.25) is 0 Å². The van der Waals surface area contributed by atoms with E-state index in [1.165, 1.54) is 5.69 Å². The fourth-order valence-corrected chi connectivity index (χ4v) is 3.02. The molecule has 0 spiro atoms. The van der Waals surface area contributed by atoms with Crippen LogP contribution in [0, 0.1) is 0 Å². The van der Waals surface area contributed by atoms with E-state index in [2.05, 4.69) is 39.1 Å². The molecule has 0 aromatic heterocycles. The van der Waals surface area contributed by atoms with Gasteiger partial charge in [-0.05, 0) is 38.1 Å². The van der Waals surface area contributed by atoms with Crippen molar-refractivity contribution >= 4 is 11.7 Å². The SMILES string of the molecule is CC(C)Oc1ccc(N2CCN(CC3COC(N)=N3)CC2)cc1. The Labute approximate surface area is 137 Å². The van der Waals surface area contributed by atoms with Crippen LogP contribution >= 0.6 is 0 Å². The second-order valence-corrected chi connectivity index (χ2v) is 6.38. The highest BCUT2D eigenvalue weighted by Crippen LogP contribution is 2.21. The predicted molar refractivity (Wildman–Crippen MR) is 92.2 cm³/mol. The smallest absolute Gasteiger partial charge is 0.282 e. The van der Waals surface area contributed by atoms with E-state index in [1.54, 1.807) is 0 Å². The largest absolute Gasteiger partial charge is 0.491 e. The number of piperazine rings is 1. The van der Waals surface area contributed by atoms with Crippen LogP contribution in [0.5, 0.6) is 5.75 Å². The molecule has 1 atom stereocenters. The number of rotatable bonds is 5. The zero-order chi connectivity index (χ0) is 16.2. The summed E-state index contributed by atoms with van der Waals surface area (Å²) in [6.45, 7) is 9.75. The molecule has 0 aliphatic carbocycles. The van der Waals surface area contributed by atoms with Crippen molar-refractivity contribution in [3.05, 3.63) is 24.3 Å². The molecule has 6 nitrogen and oxygen atoms in total. The summed E-state index contributed by atoms with van der Waals surface area (Å²) in [5.74, 6) is 0.930. The summed E-state index contributed by atoms with van der Waals surface area (Å²) in [6.07, 6.45) is 0.209. The lowest BCUT2D eigenvalue weighted by Crippen LogP contribution is -2.48. The highest BCUT2D eigenvalue weighted by Gasteiger charge is 2.23. The zero-order valence-corrected chi connectivity index (χ0v) is 13.9. The van der Waals surface area contributed by atoms with E-state index in [0.29, 0.717) is 12.6 Å². The Hall–Kier alpha value is -1.95. The lowest BCUT2D eigenvalue weighted by Gasteiger charge is -2.36. The summed E-state index contributed by atoms with van der Waals surface area (Å²) in [5.41, 5.74) is 6.82. The molecule has 1 unspecified atom stereocenters. The highest BCUT2D eigenvalue weighted by atomic mass is 16.5. The molecular formula is C17H26N4O2. The number of nitrogens with zero attached hydrogens (tertiary/aromatic N) is 3. The normalized spacial score (nSPS) is 22.1. The van der Waals surface area contributed by atoms with Crippen LogP contribution < -0.4 is 15.4 Å². The van der Waals surface area contributed by atoms with Crippen LogP contribution in [0.1, 0.15) is 13.8 Å². The van der Waals surface area contributed by atoms with Gasteiger partial charge in [-0.15, -0.1) is 0 Å². The second-order valence-electron chi connectivity index (χ2n) is 6.38. The molecule has 126 valence electrons. The third-order valence-corrected chi connectivity index (χ3v) is 4.15. The molecule has 6 heteroatoms. The van der Waals surface area contributed by atoms with Gasteiger partial charge in [0, 0.05) is 38.4 Å². The molecule has 2 heterocycles. The fraction of sp³-hybridized carbons (Fsp3) is 0.588. The zero-order valence-electron chi connectivity index (χ0n) is 13.9. The minimum absolute atomic E-state index is 0.189. The molecule has 2 N–H and O–H groups in total. The van der Waals surface area contributed by atoms with Crippen LogP contribution in [-0.2, 0) is 4.74 Å². The predicted octanol–water partition coefficient (Wildman–Crippen LogP) is 1.31. The van der Waals surface area contributed by atoms with E-state index >= 15 is 0 Å². The fourth-order valence-electron chi connectivity index (χ4n) is 3.02. The average molecular weight is 318 g/mol. The Morgan fingerprint density at radius 3 is 2.48 bits per heavy atom. The quantitative estimate of drug-likeness (QED) is 0.887. The number of hydrogen-bond acceptors (Lipinski definition) is 6. The van der Waals surface area contributed by atoms with E-state index in [4.69, 9.17) is 15.2 Å². The van der Waals surface area contributed by atoms with Crippen LogP contribution in [0.15, 0.2) is 29.3 Å². The first-order chi connectivity index (χ1) is 11.1. The van der Waals surface area contributed by atoms with Crippen molar-refractivity contribution in [3.63, 3.8) is 0 Å². The van der Waals surface area contributed by atoms with Gasteiger partial charge in [0.25, 0.3) is 6.02 Å². The van der Waals surface area contributed by atoms with Gasteiger partial charge in [0.05, 0.1) is 6.10 Å². The van der Waals surface area contributed by atoms with Crippen LogP contribution in [-0.4, -0.2) is 62.4 Å². The topological polar surface area (TPSA) is 63.3 Å². The van der Waals surface area contributed by atoms with Crippen molar-refractivity contribution in [2.75, 3.05) is 44.2 Å². The second kappa shape index (κ2) is 7.08. The lowest BCUT2D eigenvalue weighted by atomic mass is 10.2. The molecule has 2 aliphatic rings. The lowest BCUT2D eigenvalue weighted by molar-refractivity contribution is 0.219. The Morgan fingerprint density at radius 2 is 1.91 bits per heavy atom. The summed E-state index contributed by atoms with van der Waals surface area (Å²) in [6, 6.07) is 8.91. The van der Waals surface area contributed by atoms with E-state index in [-0.39, 0.29) is 12.1 Å². The molecule has 0 saturated carbocycles. The molecule has 2 aliphatic heterocycles. The van der Waals surface area contributed by atoms with Gasteiger partial charge in [-0.25, -0.2) is 4.99 Å². The number of amidine groups is 1. The number of benzene rings is 1. The van der Waals surface area contributed by atoms with Gasteiger partial charge in [-0.1, -0.05) is 0 Å². The summed E-state index contributed by atoms with van der Waals surface area (Å²) in [4.78, 5) is 9.14. The van der Waals surface area contributed by atoms with Gasteiger partial charge in [-0.2, -0.15) is 0 Å². The molecule has 0 amide bonds. The Kier molecular flexibility index (Phi) is 4.91. The number of hydrogen-bond donors (Lipinski definition) is 1. The molecule has 1 aromatic rings. The maximum Gasteiger partial charge on any atom is 0.282 e. The Bertz CT molecular complexity index is 536. The van der Waals surface area contributed by atoms with E-state index < -0.39 is 0 Å². The summed E-state index contributed by atoms with van der Waals surface area (Å²) in [7, 11) is 0. The third kappa shape index (κ3) is 4.28. The van der Waals surface area contributed by atoms with Crippen molar-refractivity contribution in [2.45, 2.75) is 26.0 Å². The van der Waals surface area contributed by atoms with Crippen LogP contribution in [0.3, 0.4) is 0 Å². The van der Waals surface area contributed by atoms with Crippen LogP contribution in [0.25, 0.3) is 0 Å². The number of ether oxygens (including phenoxy) is 2. The molecule has 3 rings (SSSR count). The average Bonchev–Trinajstić information content (AvgIpc) is 2.93. The van der Waals surface area contributed by atoms with E-state index in [0.717, 1.165) is 38.5 Å². The standard InChI is InChI=1S/C17H26N4O2/c1-13(2)23-16-5-3-15(4-6-16)21-9-7-20(8-10-21)11-14-12-22-17(18)19-14/h3-6,13-14H,7-12H2,1-2H3,(H2,18,19). The first-order valence-corrected chi connectivity index (χ1v) is 8.30. The first kappa shape index (κ1) is 15.9. The van der Waals surface area contributed by atoms with Gasteiger partial charge < -0.3 is 20.1 Å². The molecule has 0 bridgehead atoms. The molecule has 1 saturated heterocycles. The maximum atomic E-state index is 5.70. The van der Waals surface area contributed by atoms with E-state index in [1.807, 2.05) is 13.8 Å². The van der Waals surface area contributed by atoms with Crippen molar-refractivity contribution in [1.82, 2.24) is 4.90 Å². The molecular weight excluding hydrogens is 292 g/mol. The summed E-state index contributed by atoms with van der Waals surface area (Å²) >= 11 is 0. The van der Waals surface area contributed by atoms with Gasteiger partial charge in [-0.3, -0.25) is 4.90 Å². The van der Waals surface area contributed by atoms with Gasteiger partial charge in [0.2, 0.25) is 0 Å². The van der Waals surface area contributed by atoms with Crippen molar-refractivity contribution in [1.29, 1.82) is 0 Å². The number of aliphatic imine (C=N–C) groups is 1. The minimum atomic E-state index is 0.189. The van der Waals surface area contributed by atoms with Crippen molar-refractivity contribution in [2.24, 2.45) is 10.7 Å². The minimum Gasteiger partial charge on any atom is -0.491 e. The molecule has 1 fully saturated rings. The maximum absolute atomic E-state index is 5.70. The summed E-state index contributed by atoms with van der Waals surface area (Å²) < 4.78 is 10.9. The summed E-state index contributed by atoms with van der Waals surface area (Å²) in [5, 5.41) is 0. The van der Waals surface area contributed by atoms with Crippen molar-refractivity contribution in [3.8, 4) is 5.75 Å².